The highest BCUT2D eigenvalue weighted by molar-refractivity contribution is 5.76. The molecule has 6 heteroatoms. The van der Waals surface area contributed by atoms with E-state index in [0.29, 0.717) is 11.4 Å². The fourth-order valence-corrected chi connectivity index (χ4v) is 2.70. The number of benzene rings is 1. The lowest BCUT2D eigenvalue weighted by Gasteiger charge is -2.29. The van der Waals surface area contributed by atoms with E-state index in [9.17, 15) is 15.2 Å². The molecule has 1 fully saturated rings. The summed E-state index contributed by atoms with van der Waals surface area (Å²) in [6, 6.07) is 5.12. The van der Waals surface area contributed by atoms with Crippen molar-refractivity contribution in [2.45, 2.75) is 31.2 Å². The quantitative estimate of drug-likeness (QED) is 0.562. The van der Waals surface area contributed by atoms with Crippen molar-refractivity contribution in [3.05, 3.63) is 28.3 Å². The maximum atomic E-state index is 11.2. The normalized spacial score (nSPS) is 17.2. The number of aliphatic hydroxyl groups excluding tert-OH is 1. The molecular weight excluding hydrogens is 246 g/mol. The van der Waals surface area contributed by atoms with Crippen molar-refractivity contribution in [3.8, 4) is 0 Å². The minimum absolute atomic E-state index is 0.00602. The largest absolute Gasteiger partial charge is 0.394 e. The molecule has 1 aliphatic carbocycles. The van der Waals surface area contributed by atoms with Crippen molar-refractivity contribution in [2.24, 2.45) is 0 Å². The van der Waals surface area contributed by atoms with Gasteiger partial charge in [0.15, 0.2) is 0 Å². The Kier molecular flexibility index (Phi) is 3.90. The number of nitro benzene ring substituents is 1. The first kappa shape index (κ1) is 13.6. The van der Waals surface area contributed by atoms with E-state index >= 15 is 0 Å². The molecule has 0 aromatic heterocycles. The summed E-state index contributed by atoms with van der Waals surface area (Å²) in [5, 5.41) is 26.8. The van der Waals surface area contributed by atoms with Gasteiger partial charge in [-0.1, -0.05) is 18.9 Å². The molecule has 0 saturated heterocycles. The fourth-order valence-electron chi connectivity index (χ4n) is 2.70. The molecule has 1 aliphatic rings. The number of rotatable bonds is 5. The molecule has 0 spiro atoms. The van der Waals surface area contributed by atoms with E-state index in [2.05, 4.69) is 10.6 Å². The third kappa shape index (κ3) is 2.63. The number of hydrogen-bond acceptors (Lipinski definition) is 5. The summed E-state index contributed by atoms with van der Waals surface area (Å²) in [7, 11) is 1.66. The van der Waals surface area contributed by atoms with Crippen LogP contribution >= 0.6 is 0 Å². The molecule has 0 unspecified atom stereocenters. The summed E-state index contributed by atoms with van der Waals surface area (Å²) < 4.78 is 0. The Hall–Kier alpha value is -1.82. The molecule has 0 aliphatic heterocycles. The molecular formula is C13H19N3O3. The van der Waals surface area contributed by atoms with E-state index in [1.807, 2.05) is 0 Å². The molecule has 3 N–H and O–H groups in total. The number of nitrogens with one attached hydrogen (secondary N) is 2. The second-order valence-electron chi connectivity index (χ2n) is 4.98. The lowest BCUT2D eigenvalue weighted by Crippen LogP contribution is -2.39. The number of anilines is 2. The van der Waals surface area contributed by atoms with Gasteiger partial charge in [0, 0.05) is 7.05 Å². The molecule has 0 heterocycles. The van der Waals surface area contributed by atoms with Gasteiger partial charge in [-0.05, 0) is 25.0 Å². The third-order valence-corrected chi connectivity index (χ3v) is 3.75. The van der Waals surface area contributed by atoms with Crippen molar-refractivity contribution in [1.29, 1.82) is 0 Å². The average Bonchev–Trinajstić information content (AvgIpc) is 2.87. The molecule has 0 amide bonds. The molecule has 1 saturated carbocycles. The van der Waals surface area contributed by atoms with Crippen molar-refractivity contribution < 1.29 is 10.0 Å². The first-order valence-corrected chi connectivity index (χ1v) is 6.46. The lowest BCUT2D eigenvalue weighted by atomic mass is 9.98. The topological polar surface area (TPSA) is 87.4 Å². The summed E-state index contributed by atoms with van der Waals surface area (Å²) in [5.41, 5.74) is 0.551. The maximum Gasteiger partial charge on any atom is 0.315 e. The molecule has 2 rings (SSSR count). The summed E-state index contributed by atoms with van der Waals surface area (Å²) >= 11 is 0. The Balaban J connectivity index is 2.36. The average molecular weight is 265 g/mol. The monoisotopic (exact) mass is 265 g/mol. The van der Waals surface area contributed by atoms with E-state index < -0.39 is 10.5 Å². The second kappa shape index (κ2) is 5.44. The molecule has 6 nitrogen and oxygen atoms in total. The van der Waals surface area contributed by atoms with E-state index in [4.69, 9.17) is 0 Å². The fraction of sp³-hybridized carbons (Fsp3) is 0.538. The number of nitro groups is 1. The predicted molar refractivity (Wildman–Crippen MR) is 74.6 cm³/mol. The smallest absolute Gasteiger partial charge is 0.315 e. The lowest BCUT2D eigenvalue weighted by molar-refractivity contribution is -0.383. The molecule has 0 radical (unpaired) electrons. The van der Waals surface area contributed by atoms with Crippen LogP contribution in [0.2, 0.25) is 0 Å². The van der Waals surface area contributed by atoms with Gasteiger partial charge in [-0.25, -0.2) is 0 Å². The zero-order chi connectivity index (χ0) is 13.9. The highest BCUT2D eigenvalue weighted by atomic mass is 16.6. The van der Waals surface area contributed by atoms with Crippen LogP contribution in [0, 0.1) is 10.1 Å². The Morgan fingerprint density at radius 3 is 2.53 bits per heavy atom. The summed E-state index contributed by atoms with van der Waals surface area (Å²) in [4.78, 5) is 10.8. The Morgan fingerprint density at radius 1 is 1.37 bits per heavy atom. The molecule has 0 atom stereocenters. The molecule has 19 heavy (non-hydrogen) atoms. The SMILES string of the molecule is CNc1cccc(NC2(CO)CCCC2)c1[N+](=O)[O-]. The van der Waals surface area contributed by atoms with Crippen LogP contribution in [-0.4, -0.2) is 29.2 Å². The molecule has 0 bridgehead atoms. The van der Waals surface area contributed by atoms with Crippen molar-refractivity contribution in [2.75, 3.05) is 24.3 Å². The van der Waals surface area contributed by atoms with E-state index in [0.717, 1.165) is 25.7 Å². The standard InChI is InChI=1S/C13H19N3O3/c1-14-10-5-4-6-11(12(10)16(18)19)15-13(9-17)7-2-3-8-13/h4-6,14-15,17H,2-3,7-9H2,1H3. The number of nitrogens with zero attached hydrogens (tertiary/aromatic N) is 1. The van der Waals surface area contributed by atoms with Crippen LogP contribution < -0.4 is 10.6 Å². The minimum Gasteiger partial charge on any atom is -0.394 e. The van der Waals surface area contributed by atoms with Gasteiger partial charge in [0.2, 0.25) is 0 Å². The van der Waals surface area contributed by atoms with Crippen LogP contribution in [0.4, 0.5) is 17.1 Å². The Labute approximate surface area is 112 Å². The van der Waals surface area contributed by atoms with Crippen LogP contribution in [0.15, 0.2) is 18.2 Å². The number of hydrogen-bond donors (Lipinski definition) is 3. The van der Waals surface area contributed by atoms with Gasteiger partial charge in [-0.2, -0.15) is 0 Å². The van der Waals surface area contributed by atoms with Gasteiger partial charge < -0.3 is 15.7 Å². The van der Waals surface area contributed by atoms with Crippen LogP contribution in [0.5, 0.6) is 0 Å². The molecule has 104 valence electrons. The van der Waals surface area contributed by atoms with Crippen molar-refractivity contribution in [3.63, 3.8) is 0 Å². The summed E-state index contributed by atoms with van der Waals surface area (Å²) in [6.45, 7) is -0.00602. The first-order valence-electron chi connectivity index (χ1n) is 6.46. The number of para-hydroxylation sites is 1. The summed E-state index contributed by atoms with van der Waals surface area (Å²) in [6.07, 6.45) is 3.75. The van der Waals surface area contributed by atoms with E-state index in [1.165, 1.54) is 0 Å². The second-order valence-corrected chi connectivity index (χ2v) is 4.98. The van der Waals surface area contributed by atoms with Gasteiger partial charge in [-0.3, -0.25) is 10.1 Å². The van der Waals surface area contributed by atoms with Crippen LogP contribution in [0.3, 0.4) is 0 Å². The molecule has 1 aromatic rings. The number of aliphatic hydroxyl groups is 1. The third-order valence-electron chi connectivity index (χ3n) is 3.75. The Bertz CT molecular complexity index is 470. The van der Waals surface area contributed by atoms with Crippen molar-refractivity contribution >= 4 is 17.1 Å². The van der Waals surface area contributed by atoms with E-state index in [-0.39, 0.29) is 12.3 Å². The van der Waals surface area contributed by atoms with Crippen LogP contribution in [0.1, 0.15) is 25.7 Å². The van der Waals surface area contributed by atoms with Crippen LogP contribution in [0.25, 0.3) is 0 Å². The zero-order valence-electron chi connectivity index (χ0n) is 11.0. The maximum absolute atomic E-state index is 11.2. The highest BCUT2D eigenvalue weighted by Gasteiger charge is 2.35. The Morgan fingerprint density at radius 2 is 2.00 bits per heavy atom. The minimum atomic E-state index is -0.420. The van der Waals surface area contributed by atoms with E-state index in [1.54, 1.807) is 25.2 Å². The van der Waals surface area contributed by atoms with Crippen LogP contribution in [-0.2, 0) is 0 Å². The van der Waals surface area contributed by atoms with Gasteiger partial charge in [0.25, 0.3) is 0 Å². The van der Waals surface area contributed by atoms with Gasteiger partial charge >= 0.3 is 5.69 Å². The first-order chi connectivity index (χ1) is 9.12. The van der Waals surface area contributed by atoms with Gasteiger partial charge in [0.05, 0.1) is 17.1 Å². The van der Waals surface area contributed by atoms with Gasteiger partial charge in [-0.15, -0.1) is 0 Å². The highest BCUT2D eigenvalue weighted by Crippen LogP contribution is 2.38. The van der Waals surface area contributed by atoms with Gasteiger partial charge in [0.1, 0.15) is 11.4 Å². The zero-order valence-corrected chi connectivity index (χ0v) is 11.0. The predicted octanol–water partition coefficient (Wildman–Crippen LogP) is 2.35. The summed E-state index contributed by atoms with van der Waals surface area (Å²) in [5.74, 6) is 0. The molecule has 1 aromatic carbocycles. The van der Waals surface area contributed by atoms with Crippen molar-refractivity contribution in [1.82, 2.24) is 0 Å².